The number of nitrogens with one attached hydrogen (secondary N) is 1. The summed E-state index contributed by atoms with van der Waals surface area (Å²) >= 11 is 7.54. The van der Waals surface area contributed by atoms with Gasteiger partial charge in [-0.15, -0.1) is 11.3 Å². The summed E-state index contributed by atoms with van der Waals surface area (Å²) in [6.45, 7) is 1.82. The highest BCUT2D eigenvalue weighted by atomic mass is 35.5. The summed E-state index contributed by atoms with van der Waals surface area (Å²) in [6.07, 6.45) is 0. The molecule has 0 aliphatic heterocycles. The van der Waals surface area contributed by atoms with Gasteiger partial charge in [-0.25, -0.2) is 9.78 Å². The van der Waals surface area contributed by atoms with E-state index in [1.54, 1.807) is 23.5 Å². The molecule has 154 valence electrons. The number of hydrogen-bond donors (Lipinski definition) is 2. The van der Waals surface area contributed by atoms with Crippen molar-refractivity contribution in [1.82, 2.24) is 14.1 Å². The van der Waals surface area contributed by atoms with Crippen molar-refractivity contribution in [3.8, 4) is 0 Å². The zero-order chi connectivity index (χ0) is 21.3. The van der Waals surface area contributed by atoms with Crippen LogP contribution in [0.1, 0.15) is 10.6 Å². The first kappa shape index (κ1) is 20.3. The summed E-state index contributed by atoms with van der Waals surface area (Å²) in [4.78, 5) is 29.9. The van der Waals surface area contributed by atoms with Gasteiger partial charge in [-0.1, -0.05) is 23.7 Å². The lowest BCUT2D eigenvalue weighted by Gasteiger charge is -2.17. The number of aliphatic hydroxyl groups is 1. The predicted molar refractivity (Wildman–Crippen MR) is 120 cm³/mol. The standard InChI is InChI=1S/C21H19ClN4O3S/c1-13-23-17-7-6-16(10-18(17)30-13)24-19-11-20(28)25(8-9-27)21(29)26(19)12-14-2-4-15(22)5-3-14/h2-7,10-11,24,27H,8-9,12H2,1H3. The topological polar surface area (TPSA) is 89.2 Å². The molecule has 0 fully saturated rings. The first-order chi connectivity index (χ1) is 14.4. The highest BCUT2D eigenvalue weighted by Crippen LogP contribution is 2.26. The monoisotopic (exact) mass is 442 g/mol. The van der Waals surface area contributed by atoms with Crippen LogP contribution in [0, 0.1) is 6.92 Å². The molecule has 2 aromatic heterocycles. The number of aromatic nitrogens is 3. The molecule has 2 heterocycles. The van der Waals surface area contributed by atoms with Crippen LogP contribution in [0.4, 0.5) is 11.5 Å². The Kier molecular flexibility index (Phi) is 5.72. The molecule has 9 heteroatoms. The Morgan fingerprint density at radius 1 is 1.10 bits per heavy atom. The molecule has 4 aromatic rings. The number of halogens is 1. The first-order valence-electron chi connectivity index (χ1n) is 9.29. The van der Waals surface area contributed by atoms with Crippen molar-refractivity contribution in [3.63, 3.8) is 0 Å². The number of benzene rings is 2. The Labute approximate surface area is 180 Å². The summed E-state index contributed by atoms with van der Waals surface area (Å²) < 4.78 is 3.51. The van der Waals surface area contributed by atoms with Crippen molar-refractivity contribution in [2.45, 2.75) is 20.0 Å². The lowest BCUT2D eigenvalue weighted by Crippen LogP contribution is -2.41. The molecule has 7 nitrogen and oxygen atoms in total. The van der Waals surface area contributed by atoms with E-state index in [-0.39, 0.29) is 19.7 Å². The van der Waals surface area contributed by atoms with Crippen LogP contribution in [0.15, 0.2) is 58.1 Å². The second-order valence-electron chi connectivity index (χ2n) is 6.78. The maximum absolute atomic E-state index is 13.0. The van der Waals surface area contributed by atoms with Crippen LogP contribution in [0.3, 0.4) is 0 Å². The van der Waals surface area contributed by atoms with Gasteiger partial charge >= 0.3 is 5.69 Å². The molecule has 0 aliphatic rings. The third-order valence-electron chi connectivity index (χ3n) is 4.62. The summed E-state index contributed by atoms with van der Waals surface area (Å²) in [5.74, 6) is 0.370. The van der Waals surface area contributed by atoms with Gasteiger partial charge in [0.2, 0.25) is 0 Å². The van der Waals surface area contributed by atoms with E-state index in [0.717, 1.165) is 31.0 Å². The molecule has 0 aliphatic carbocycles. The van der Waals surface area contributed by atoms with E-state index in [0.29, 0.717) is 10.8 Å². The number of aryl methyl sites for hydroxylation is 1. The molecular weight excluding hydrogens is 424 g/mol. The average Bonchev–Trinajstić information content (AvgIpc) is 3.09. The van der Waals surface area contributed by atoms with E-state index in [2.05, 4.69) is 10.3 Å². The second-order valence-corrected chi connectivity index (χ2v) is 8.45. The van der Waals surface area contributed by atoms with Crippen molar-refractivity contribution in [3.05, 3.63) is 85.0 Å². The van der Waals surface area contributed by atoms with E-state index in [4.69, 9.17) is 11.6 Å². The number of hydrogen-bond acceptors (Lipinski definition) is 6. The third kappa shape index (κ3) is 4.16. The van der Waals surface area contributed by atoms with Gasteiger partial charge < -0.3 is 10.4 Å². The van der Waals surface area contributed by atoms with Crippen molar-refractivity contribution in [2.24, 2.45) is 0 Å². The minimum atomic E-state index is -0.497. The molecular formula is C21H19ClN4O3S. The Bertz CT molecular complexity index is 1330. The quantitative estimate of drug-likeness (QED) is 0.478. The maximum atomic E-state index is 13.0. The van der Waals surface area contributed by atoms with Crippen molar-refractivity contribution in [1.29, 1.82) is 0 Å². The minimum Gasteiger partial charge on any atom is -0.395 e. The summed E-state index contributed by atoms with van der Waals surface area (Å²) in [5.41, 5.74) is 1.53. The fourth-order valence-electron chi connectivity index (χ4n) is 3.22. The van der Waals surface area contributed by atoms with E-state index >= 15 is 0 Å². The van der Waals surface area contributed by atoms with E-state index in [1.165, 1.54) is 10.6 Å². The molecule has 0 unspecified atom stereocenters. The van der Waals surface area contributed by atoms with Crippen LogP contribution in [0.2, 0.25) is 5.02 Å². The summed E-state index contributed by atoms with van der Waals surface area (Å²) in [6, 6.07) is 14.2. The molecule has 0 saturated heterocycles. The fraction of sp³-hybridized carbons (Fsp3) is 0.190. The smallest absolute Gasteiger partial charge is 0.332 e. The summed E-state index contributed by atoms with van der Waals surface area (Å²) in [7, 11) is 0. The zero-order valence-corrected chi connectivity index (χ0v) is 17.7. The molecule has 0 bridgehead atoms. The summed E-state index contributed by atoms with van der Waals surface area (Å²) in [5, 5.41) is 14.0. The molecule has 2 aromatic carbocycles. The average molecular weight is 443 g/mol. The van der Waals surface area contributed by atoms with E-state index in [9.17, 15) is 14.7 Å². The van der Waals surface area contributed by atoms with Gasteiger partial charge in [0.1, 0.15) is 5.82 Å². The highest BCUT2D eigenvalue weighted by molar-refractivity contribution is 7.18. The number of rotatable bonds is 6. The van der Waals surface area contributed by atoms with E-state index in [1.807, 2.05) is 37.3 Å². The van der Waals surface area contributed by atoms with Gasteiger partial charge in [0.25, 0.3) is 5.56 Å². The fourth-order valence-corrected chi connectivity index (χ4v) is 4.21. The van der Waals surface area contributed by atoms with Gasteiger partial charge in [0.05, 0.1) is 34.9 Å². The van der Waals surface area contributed by atoms with Crippen LogP contribution in [0.25, 0.3) is 10.2 Å². The Morgan fingerprint density at radius 3 is 2.60 bits per heavy atom. The normalized spacial score (nSPS) is 11.2. The number of aliphatic hydroxyl groups excluding tert-OH is 1. The van der Waals surface area contributed by atoms with Crippen molar-refractivity contribution >= 4 is 44.7 Å². The molecule has 0 saturated carbocycles. The minimum absolute atomic E-state index is 0.0648. The zero-order valence-electron chi connectivity index (χ0n) is 16.1. The number of nitrogens with zero attached hydrogens (tertiary/aromatic N) is 3. The number of thiazole rings is 1. The molecule has 0 atom stereocenters. The van der Waals surface area contributed by atoms with E-state index < -0.39 is 11.2 Å². The first-order valence-corrected chi connectivity index (χ1v) is 10.5. The Balaban J connectivity index is 1.78. The SMILES string of the molecule is Cc1nc2ccc(Nc3cc(=O)n(CCO)c(=O)n3Cc3ccc(Cl)cc3)cc2s1. The molecule has 2 N–H and O–H groups in total. The molecule has 0 radical (unpaired) electrons. The molecule has 4 rings (SSSR count). The molecule has 30 heavy (non-hydrogen) atoms. The number of anilines is 2. The number of fused-ring (bicyclic) bond motifs is 1. The lowest BCUT2D eigenvalue weighted by molar-refractivity contribution is 0.270. The van der Waals surface area contributed by atoms with Gasteiger partial charge in [-0.3, -0.25) is 13.9 Å². The second kappa shape index (κ2) is 8.43. The largest absolute Gasteiger partial charge is 0.395 e. The van der Waals surface area contributed by atoms with Crippen molar-refractivity contribution < 1.29 is 5.11 Å². The van der Waals surface area contributed by atoms with Crippen molar-refractivity contribution in [2.75, 3.05) is 11.9 Å². The Morgan fingerprint density at radius 2 is 1.87 bits per heavy atom. The van der Waals surface area contributed by atoms with Crippen LogP contribution in [0.5, 0.6) is 0 Å². The van der Waals surface area contributed by atoms with Crippen LogP contribution >= 0.6 is 22.9 Å². The van der Waals surface area contributed by atoms with Crippen LogP contribution in [-0.2, 0) is 13.1 Å². The van der Waals surface area contributed by atoms with Gasteiger partial charge in [0, 0.05) is 16.8 Å². The molecule has 0 amide bonds. The highest BCUT2D eigenvalue weighted by Gasteiger charge is 2.13. The predicted octanol–water partition coefficient (Wildman–Crippen LogP) is 3.37. The third-order valence-corrected chi connectivity index (χ3v) is 5.81. The lowest BCUT2D eigenvalue weighted by atomic mass is 10.2. The maximum Gasteiger partial charge on any atom is 0.332 e. The van der Waals surface area contributed by atoms with Gasteiger partial charge in [-0.05, 0) is 42.8 Å². The van der Waals surface area contributed by atoms with Crippen LogP contribution in [-0.4, -0.2) is 25.8 Å². The molecule has 0 spiro atoms. The van der Waals surface area contributed by atoms with Gasteiger partial charge in [-0.2, -0.15) is 0 Å². The van der Waals surface area contributed by atoms with Crippen LogP contribution < -0.4 is 16.6 Å². The Hall–Kier alpha value is -2.94. The van der Waals surface area contributed by atoms with Gasteiger partial charge in [0.15, 0.2) is 0 Å².